The zero-order chi connectivity index (χ0) is 27.7. The van der Waals surface area contributed by atoms with Crippen LogP contribution in [-0.4, -0.2) is 79.2 Å². The number of hydrogen-bond donors (Lipinski definition) is 8. The average molecular weight is 519 g/mol. The van der Waals surface area contributed by atoms with Crippen molar-refractivity contribution in [1.82, 2.24) is 25.9 Å². The molecule has 1 aromatic heterocycles. The number of phenols is 1. The van der Waals surface area contributed by atoms with E-state index >= 15 is 0 Å². The Balaban J connectivity index is 2.05. The number of benzene rings is 1. The summed E-state index contributed by atoms with van der Waals surface area (Å²) < 4.78 is 0. The first-order valence-electron chi connectivity index (χ1n) is 11.7. The number of aliphatic hydroxyl groups excluding tert-OH is 1. The molecule has 13 nitrogen and oxygen atoms in total. The van der Waals surface area contributed by atoms with E-state index in [1.165, 1.54) is 31.6 Å². The molecule has 0 radical (unpaired) electrons. The number of imidazole rings is 1. The summed E-state index contributed by atoms with van der Waals surface area (Å²) in [5.74, 6) is -3.94. The monoisotopic (exact) mass is 518 g/mol. The number of carboxylic acids is 1. The number of nitrogens with zero attached hydrogens (tertiary/aromatic N) is 1. The molecule has 0 spiro atoms. The highest BCUT2D eigenvalue weighted by Crippen LogP contribution is 2.11. The van der Waals surface area contributed by atoms with E-state index in [2.05, 4.69) is 25.9 Å². The first kappa shape index (κ1) is 29.3. The van der Waals surface area contributed by atoms with Crippen molar-refractivity contribution in [3.05, 3.63) is 48.0 Å². The maximum absolute atomic E-state index is 13.0. The van der Waals surface area contributed by atoms with Gasteiger partial charge in [0.15, 0.2) is 0 Å². The number of nitrogens with one attached hydrogen (secondary N) is 4. The number of carbonyl (C=O) groups is 4. The third-order valence-corrected chi connectivity index (χ3v) is 5.63. The Bertz CT molecular complexity index is 1060. The first-order valence-corrected chi connectivity index (χ1v) is 11.7. The van der Waals surface area contributed by atoms with Gasteiger partial charge in [0.1, 0.15) is 23.9 Å². The Hall–Kier alpha value is -3.97. The summed E-state index contributed by atoms with van der Waals surface area (Å²) in [5, 5.41) is 36.4. The quantitative estimate of drug-likeness (QED) is 0.159. The predicted molar refractivity (Wildman–Crippen MR) is 132 cm³/mol. The Morgan fingerprint density at radius 3 is 2.05 bits per heavy atom. The van der Waals surface area contributed by atoms with E-state index in [4.69, 9.17) is 5.73 Å². The highest BCUT2D eigenvalue weighted by atomic mass is 16.4. The van der Waals surface area contributed by atoms with Crippen LogP contribution in [0.5, 0.6) is 5.75 Å². The lowest BCUT2D eigenvalue weighted by Crippen LogP contribution is -2.61. The summed E-state index contributed by atoms with van der Waals surface area (Å²) in [6, 6.07) is 1.19. The van der Waals surface area contributed by atoms with Gasteiger partial charge in [-0.15, -0.1) is 0 Å². The fourth-order valence-corrected chi connectivity index (χ4v) is 3.50. The van der Waals surface area contributed by atoms with Gasteiger partial charge in [0.25, 0.3) is 0 Å². The first-order chi connectivity index (χ1) is 17.4. The van der Waals surface area contributed by atoms with Crippen molar-refractivity contribution in [1.29, 1.82) is 0 Å². The third-order valence-electron chi connectivity index (χ3n) is 5.63. The summed E-state index contributed by atoms with van der Waals surface area (Å²) in [5.41, 5.74) is 7.13. The zero-order valence-electron chi connectivity index (χ0n) is 20.8. The molecule has 0 aliphatic heterocycles. The topological polar surface area (TPSA) is 220 Å². The van der Waals surface area contributed by atoms with Gasteiger partial charge in [-0.25, -0.2) is 9.78 Å². The van der Waals surface area contributed by atoms with E-state index in [-0.39, 0.29) is 18.6 Å². The molecule has 202 valence electrons. The molecule has 1 aromatic carbocycles. The Labute approximate surface area is 213 Å². The highest BCUT2D eigenvalue weighted by molar-refractivity contribution is 5.94. The fourth-order valence-electron chi connectivity index (χ4n) is 3.50. The number of aromatic nitrogens is 2. The molecule has 1 heterocycles. The number of aliphatic hydroxyl groups is 1. The van der Waals surface area contributed by atoms with Gasteiger partial charge in [0, 0.05) is 18.3 Å². The molecule has 0 fully saturated rings. The van der Waals surface area contributed by atoms with Gasteiger partial charge in [0.2, 0.25) is 17.7 Å². The number of rotatable bonds is 13. The smallest absolute Gasteiger partial charge is 0.326 e. The standard InChI is InChI=1S/C24H34N6O7/c1-12(2)19(22(34)28-18(24(36)37)9-15-10-26-11-27-15)29-23(35)20(13(3)31)30-21(33)17(25)8-14-4-6-16(32)7-5-14/h4-7,10-13,17-20,31-32H,8-9,25H2,1-3H3,(H,26,27)(H,28,34)(H,29,35)(H,30,33)(H,36,37). The van der Waals surface area contributed by atoms with Crippen molar-refractivity contribution in [3.8, 4) is 5.75 Å². The largest absolute Gasteiger partial charge is 0.508 e. The molecule has 9 N–H and O–H groups in total. The van der Waals surface area contributed by atoms with Crippen LogP contribution in [-0.2, 0) is 32.0 Å². The second kappa shape index (κ2) is 13.4. The van der Waals surface area contributed by atoms with Crippen molar-refractivity contribution in [2.24, 2.45) is 11.7 Å². The minimum atomic E-state index is -1.42. The van der Waals surface area contributed by atoms with Crippen LogP contribution >= 0.6 is 0 Å². The van der Waals surface area contributed by atoms with E-state index in [1.54, 1.807) is 26.0 Å². The normalized spacial score (nSPS) is 15.2. The van der Waals surface area contributed by atoms with Gasteiger partial charge in [-0.3, -0.25) is 14.4 Å². The lowest BCUT2D eigenvalue weighted by molar-refractivity contribution is -0.142. The second-order valence-electron chi connectivity index (χ2n) is 9.11. The molecule has 0 aliphatic carbocycles. The molecule has 37 heavy (non-hydrogen) atoms. The molecule has 2 aromatic rings. The summed E-state index contributed by atoms with van der Waals surface area (Å²) in [4.78, 5) is 56.8. The second-order valence-corrected chi connectivity index (χ2v) is 9.11. The van der Waals surface area contributed by atoms with Crippen LogP contribution in [0.4, 0.5) is 0 Å². The van der Waals surface area contributed by atoms with Crippen molar-refractivity contribution in [2.45, 2.75) is 63.9 Å². The number of nitrogens with two attached hydrogens (primary N) is 1. The summed E-state index contributed by atoms with van der Waals surface area (Å²) in [6.45, 7) is 4.60. The van der Waals surface area contributed by atoms with Crippen LogP contribution in [0.1, 0.15) is 32.0 Å². The number of aromatic amines is 1. The predicted octanol–water partition coefficient (Wildman–Crippen LogP) is -1.20. The number of carbonyl (C=O) groups excluding carboxylic acids is 3. The third kappa shape index (κ3) is 8.88. The van der Waals surface area contributed by atoms with E-state index in [0.717, 1.165) is 0 Å². The van der Waals surface area contributed by atoms with Crippen molar-refractivity contribution >= 4 is 23.7 Å². The number of H-pyrrole nitrogens is 1. The van der Waals surface area contributed by atoms with Crippen LogP contribution in [0.2, 0.25) is 0 Å². The number of phenolic OH excluding ortho intramolecular Hbond substituents is 1. The molecule has 2 rings (SSSR count). The van der Waals surface area contributed by atoms with Gasteiger partial charge in [0.05, 0.1) is 18.5 Å². The van der Waals surface area contributed by atoms with Crippen LogP contribution in [0.3, 0.4) is 0 Å². The number of amides is 3. The van der Waals surface area contributed by atoms with E-state index in [9.17, 15) is 34.5 Å². The van der Waals surface area contributed by atoms with Gasteiger partial charge < -0.3 is 42.0 Å². The number of aromatic hydroxyl groups is 1. The van der Waals surface area contributed by atoms with Crippen LogP contribution in [0.25, 0.3) is 0 Å². The molecule has 0 saturated carbocycles. The highest BCUT2D eigenvalue weighted by Gasteiger charge is 2.33. The maximum atomic E-state index is 13.0. The van der Waals surface area contributed by atoms with Gasteiger partial charge in [-0.05, 0) is 37.0 Å². The van der Waals surface area contributed by atoms with Gasteiger partial charge in [-0.1, -0.05) is 26.0 Å². The Kier molecular flexibility index (Phi) is 10.6. The van der Waals surface area contributed by atoms with Crippen molar-refractivity contribution in [2.75, 3.05) is 0 Å². The van der Waals surface area contributed by atoms with Gasteiger partial charge in [-0.2, -0.15) is 0 Å². The summed E-state index contributed by atoms with van der Waals surface area (Å²) >= 11 is 0. The molecule has 5 atom stereocenters. The van der Waals surface area contributed by atoms with Crippen LogP contribution in [0.15, 0.2) is 36.8 Å². The molecular weight excluding hydrogens is 484 g/mol. The SMILES string of the molecule is CC(C)C(NC(=O)C(NC(=O)C(N)Cc1ccc(O)cc1)C(C)O)C(=O)NC(Cc1cnc[nH]1)C(=O)O. The molecular formula is C24H34N6O7. The molecule has 0 saturated heterocycles. The van der Waals surface area contributed by atoms with Crippen LogP contribution in [0, 0.1) is 5.92 Å². The number of hydrogen-bond acceptors (Lipinski definition) is 8. The fraction of sp³-hybridized carbons (Fsp3) is 0.458. The lowest BCUT2D eigenvalue weighted by Gasteiger charge is -2.28. The summed E-state index contributed by atoms with van der Waals surface area (Å²) in [6.07, 6.45) is 1.56. The minimum absolute atomic E-state index is 0.0505. The zero-order valence-corrected chi connectivity index (χ0v) is 20.8. The number of aliphatic carboxylic acids is 1. The molecule has 0 bridgehead atoms. The minimum Gasteiger partial charge on any atom is -0.508 e. The van der Waals surface area contributed by atoms with Gasteiger partial charge >= 0.3 is 5.97 Å². The molecule has 13 heteroatoms. The average Bonchev–Trinajstić information content (AvgIpc) is 3.34. The number of carboxylic acid groups (broad SMARTS) is 1. The van der Waals surface area contributed by atoms with Crippen LogP contribution < -0.4 is 21.7 Å². The summed E-state index contributed by atoms with van der Waals surface area (Å²) in [7, 11) is 0. The molecule has 5 unspecified atom stereocenters. The van der Waals surface area contributed by atoms with Crippen molar-refractivity contribution < 1.29 is 34.5 Å². The molecule has 3 amide bonds. The van der Waals surface area contributed by atoms with E-state index in [1.807, 2.05) is 0 Å². The lowest BCUT2D eigenvalue weighted by atomic mass is 10.0. The maximum Gasteiger partial charge on any atom is 0.326 e. The van der Waals surface area contributed by atoms with E-state index < -0.39 is 59.9 Å². The Morgan fingerprint density at radius 2 is 1.54 bits per heavy atom. The Morgan fingerprint density at radius 1 is 0.946 bits per heavy atom. The van der Waals surface area contributed by atoms with Crippen molar-refractivity contribution in [3.63, 3.8) is 0 Å². The van der Waals surface area contributed by atoms with E-state index in [0.29, 0.717) is 11.3 Å². The molecule has 0 aliphatic rings.